The highest BCUT2D eigenvalue weighted by atomic mass is 16.5. The van der Waals surface area contributed by atoms with Crippen LogP contribution in [0.25, 0.3) is 0 Å². The van der Waals surface area contributed by atoms with Gasteiger partial charge in [0.15, 0.2) is 0 Å². The number of benzene rings is 1. The second-order valence-electron chi connectivity index (χ2n) is 5.81. The van der Waals surface area contributed by atoms with Gasteiger partial charge in [-0.15, -0.1) is 0 Å². The summed E-state index contributed by atoms with van der Waals surface area (Å²) in [5.74, 6) is 0.233. The van der Waals surface area contributed by atoms with Crippen LogP contribution in [0.3, 0.4) is 0 Å². The predicted octanol–water partition coefficient (Wildman–Crippen LogP) is 2.90. The Morgan fingerprint density at radius 3 is 2.36 bits per heavy atom. The molecule has 1 aliphatic rings. The number of nitrogens with zero attached hydrogens (tertiary/aromatic N) is 1. The van der Waals surface area contributed by atoms with Crippen molar-refractivity contribution in [1.82, 2.24) is 4.98 Å². The number of carbonyl (C=O) groups excluding carboxylic acids is 2. The fourth-order valence-corrected chi connectivity index (χ4v) is 2.54. The normalized spacial score (nSPS) is 16.3. The van der Waals surface area contributed by atoms with Crippen LogP contribution in [0.4, 0.5) is 22.9 Å². The van der Waals surface area contributed by atoms with Crippen LogP contribution in [0.2, 0.25) is 0 Å². The highest BCUT2D eigenvalue weighted by molar-refractivity contribution is 5.93. The third-order valence-corrected chi connectivity index (χ3v) is 3.73. The summed E-state index contributed by atoms with van der Waals surface area (Å²) in [7, 11) is 0. The molecule has 0 bridgehead atoms. The number of amides is 2. The van der Waals surface area contributed by atoms with Crippen molar-refractivity contribution in [1.29, 1.82) is 0 Å². The first-order chi connectivity index (χ1) is 12.1. The van der Waals surface area contributed by atoms with E-state index in [0.29, 0.717) is 12.4 Å². The third-order valence-electron chi connectivity index (χ3n) is 3.73. The number of hydrogen-bond acceptors (Lipinski definition) is 5. The molecule has 1 saturated heterocycles. The molecule has 1 atom stereocenters. The van der Waals surface area contributed by atoms with Crippen molar-refractivity contribution < 1.29 is 14.3 Å². The first-order valence-electron chi connectivity index (χ1n) is 8.13. The van der Waals surface area contributed by atoms with Gasteiger partial charge in [0, 0.05) is 24.9 Å². The minimum atomic E-state index is -0.373. The lowest BCUT2D eigenvalue weighted by molar-refractivity contribution is -0.124. The molecule has 1 aromatic heterocycles. The third kappa shape index (κ3) is 4.77. The van der Waals surface area contributed by atoms with Crippen molar-refractivity contribution in [3.8, 4) is 0 Å². The monoisotopic (exact) mass is 340 g/mol. The lowest BCUT2D eigenvalue weighted by Crippen LogP contribution is -2.27. The Balaban J connectivity index is 1.56. The molecule has 0 spiro atoms. The second kappa shape index (κ2) is 7.76. The molecule has 0 radical (unpaired) electrons. The van der Waals surface area contributed by atoms with E-state index in [0.717, 1.165) is 29.9 Å². The van der Waals surface area contributed by atoms with Crippen molar-refractivity contribution in [3.63, 3.8) is 0 Å². The van der Waals surface area contributed by atoms with Gasteiger partial charge >= 0.3 is 0 Å². The molecule has 130 valence electrons. The Labute approximate surface area is 145 Å². The number of anilines is 4. The summed E-state index contributed by atoms with van der Waals surface area (Å²) in [5.41, 5.74) is 2.40. The van der Waals surface area contributed by atoms with Crippen molar-refractivity contribution in [2.45, 2.75) is 25.9 Å². The van der Waals surface area contributed by atoms with Gasteiger partial charge < -0.3 is 20.7 Å². The number of pyridine rings is 1. The van der Waals surface area contributed by atoms with Crippen molar-refractivity contribution >= 4 is 34.7 Å². The molecule has 3 N–H and O–H groups in total. The van der Waals surface area contributed by atoms with Crippen LogP contribution in [0.15, 0.2) is 42.6 Å². The number of hydrogen-bond donors (Lipinski definition) is 3. The van der Waals surface area contributed by atoms with E-state index in [-0.39, 0.29) is 17.9 Å². The maximum absolute atomic E-state index is 12.0. The van der Waals surface area contributed by atoms with Gasteiger partial charge in [0.05, 0.1) is 11.9 Å². The van der Waals surface area contributed by atoms with E-state index < -0.39 is 0 Å². The van der Waals surface area contributed by atoms with Crippen LogP contribution in [-0.4, -0.2) is 29.5 Å². The first-order valence-corrected chi connectivity index (χ1v) is 8.13. The van der Waals surface area contributed by atoms with Crippen LogP contribution < -0.4 is 16.0 Å². The minimum absolute atomic E-state index is 0.106. The molecule has 3 rings (SSSR count). The Morgan fingerprint density at radius 1 is 1.04 bits per heavy atom. The highest BCUT2D eigenvalue weighted by Crippen LogP contribution is 2.20. The summed E-state index contributed by atoms with van der Waals surface area (Å²) in [4.78, 5) is 27.2. The highest BCUT2D eigenvalue weighted by Gasteiger charge is 2.23. The van der Waals surface area contributed by atoms with Gasteiger partial charge in [-0.3, -0.25) is 9.59 Å². The fourth-order valence-electron chi connectivity index (χ4n) is 2.54. The average Bonchev–Trinajstić information content (AvgIpc) is 3.13. The standard InChI is InChI=1S/C18H20N4O3/c1-12(23)20-13-4-6-14(7-5-13)21-15-8-9-17(19-11-15)22-18(24)16-3-2-10-25-16/h4-9,11,16,21H,2-3,10H2,1H3,(H,20,23)(H,19,22,24). The number of aromatic nitrogens is 1. The SMILES string of the molecule is CC(=O)Nc1ccc(Nc2ccc(NC(=O)C3CCCO3)nc2)cc1. The number of nitrogens with one attached hydrogen (secondary N) is 3. The molecule has 1 unspecified atom stereocenters. The lowest BCUT2D eigenvalue weighted by atomic mass is 10.2. The molecule has 1 fully saturated rings. The van der Waals surface area contributed by atoms with E-state index >= 15 is 0 Å². The van der Waals surface area contributed by atoms with Gasteiger partial charge in [-0.25, -0.2) is 4.98 Å². The Kier molecular flexibility index (Phi) is 5.25. The quantitative estimate of drug-likeness (QED) is 0.778. The van der Waals surface area contributed by atoms with Gasteiger partial charge in [-0.05, 0) is 49.2 Å². The Bertz CT molecular complexity index is 738. The van der Waals surface area contributed by atoms with Crippen molar-refractivity contribution in [3.05, 3.63) is 42.6 Å². The van der Waals surface area contributed by atoms with E-state index in [1.807, 2.05) is 30.3 Å². The number of rotatable bonds is 5. The first kappa shape index (κ1) is 16.9. The van der Waals surface area contributed by atoms with Crippen molar-refractivity contribution in [2.24, 2.45) is 0 Å². The zero-order valence-electron chi connectivity index (χ0n) is 13.9. The molecule has 25 heavy (non-hydrogen) atoms. The molecule has 2 heterocycles. The summed E-state index contributed by atoms with van der Waals surface area (Å²) in [6.07, 6.45) is 2.93. The molecule has 7 nitrogen and oxygen atoms in total. The number of carbonyl (C=O) groups is 2. The fraction of sp³-hybridized carbons (Fsp3) is 0.278. The van der Waals surface area contributed by atoms with Crippen LogP contribution in [0, 0.1) is 0 Å². The average molecular weight is 340 g/mol. The second-order valence-corrected chi connectivity index (χ2v) is 5.81. The van der Waals surface area contributed by atoms with E-state index in [1.54, 1.807) is 12.3 Å². The van der Waals surface area contributed by atoms with E-state index in [4.69, 9.17) is 4.74 Å². The van der Waals surface area contributed by atoms with Crippen LogP contribution in [0.5, 0.6) is 0 Å². The van der Waals surface area contributed by atoms with Crippen LogP contribution >= 0.6 is 0 Å². The summed E-state index contributed by atoms with van der Waals surface area (Å²) in [6, 6.07) is 10.9. The predicted molar refractivity (Wildman–Crippen MR) is 95.9 cm³/mol. The topological polar surface area (TPSA) is 92.4 Å². The largest absolute Gasteiger partial charge is 0.368 e. The lowest BCUT2D eigenvalue weighted by Gasteiger charge is -2.11. The van der Waals surface area contributed by atoms with Gasteiger partial charge in [-0.1, -0.05) is 0 Å². The molecular formula is C18H20N4O3. The Morgan fingerprint density at radius 2 is 1.76 bits per heavy atom. The number of ether oxygens (including phenoxy) is 1. The van der Waals surface area contributed by atoms with Crippen LogP contribution in [-0.2, 0) is 14.3 Å². The summed E-state index contributed by atoms with van der Waals surface area (Å²) < 4.78 is 5.34. The molecule has 0 saturated carbocycles. The molecule has 2 amide bonds. The van der Waals surface area contributed by atoms with Gasteiger partial charge in [-0.2, -0.15) is 0 Å². The zero-order valence-corrected chi connectivity index (χ0v) is 13.9. The zero-order chi connectivity index (χ0) is 17.6. The molecule has 1 aliphatic heterocycles. The minimum Gasteiger partial charge on any atom is -0.368 e. The summed E-state index contributed by atoms with van der Waals surface area (Å²) in [5, 5.41) is 8.68. The van der Waals surface area contributed by atoms with E-state index in [2.05, 4.69) is 20.9 Å². The van der Waals surface area contributed by atoms with E-state index in [9.17, 15) is 9.59 Å². The Hall–Kier alpha value is -2.93. The summed E-state index contributed by atoms with van der Waals surface area (Å²) in [6.45, 7) is 2.10. The van der Waals surface area contributed by atoms with E-state index in [1.165, 1.54) is 6.92 Å². The summed E-state index contributed by atoms with van der Waals surface area (Å²) >= 11 is 0. The maximum atomic E-state index is 12.0. The molecule has 2 aromatic rings. The van der Waals surface area contributed by atoms with Gasteiger partial charge in [0.25, 0.3) is 5.91 Å². The molecule has 7 heteroatoms. The smallest absolute Gasteiger partial charge is 0.254 e. The van der Waals surface area contributed by atoms with Crippen molar-refractivity contribution in [2.75, 3.05) is 22.6 Å². The van der Waals surface area contributed by atoms with Gasteiger partial charge in [0.2, 0.25) is 5.91 Å². The van der Waals surface area contributed by atoms with Gasteiger partial charge in [0.1, 0.15) is 11.9 Å². The molecule has 0 aliphatic carbocycles. The molecule has 1 aromatic carbocycles. The molecular weight excluding hydrogens is 320 g/mol. The maximum Gasteiger partial charge on any atom is 0.254 e. The van der Waals surface area contributed by atoms with Crippen LogP contribution in [0.1, 0.15) is 19.8 Å².